The fourth-order valence-corrected chi connectivity index (χ4v) is 1.27. The standard InChI is InChI=1S/C9H16N2O3/c1-2-13-8(12)6-14-7-4-3-5-11-9(7)10/h7H,2-6H2,1H3,(H2,10,11)/t7-/m1/s1. The second kappa shape index (κ2) is 5.59. The van der Waals surface area contributed by atoms with Crippen molar-refractivity contribution in [2.45, 2.75) is 25.9 Å². The molecule has 1 atom stereocenters. The summed E-state index contributed by atoms with van der Waals surface area (Å²) in [4.78, 5) is 15.0. The predicted octanol–water partition coefficient (Wildman–Crippen LogP) is 0.0857. The van der Waals surface area contributed by atoms with E-state index in [4.69, 9.17) is 15.2 Å². The molecule has 1 aliphatic rings. The lowest BCUT2D eigenvalue weighted by Gasteiger charge is -2.20. The van der Waals surface area contributed by atoms with Crippen molar-refractivity contribution in [3.05, 3.63) is 0 Å². The fourth-order valence-electron chi connectivity index (χ4n) is 1.27. The summed E-state index contributed by atoms with van der Waals surface area (Å²) in [6.07, 6.45) is 1.57. The van der Waals surface area contributed by atoms with Gasteiger partial charge in [-0.2, -0.15) is 0 Å². The summed E-state index contributed by atoms with van der Waals surface area (Å²) in [7, 11) is 0. The van der Waals surface area contributed by atoms with Gasteiger partial charge in [0.1, 0.15) is 18.5 Å². The van der Waals surface area contributed by atoms with Crippen molar-refractivity contribution in [2.24, 2.45) is 10.7 Å². The van der Waals surface area contributed by atoms with Crippen LogP contribution < -0.4 is 5.73 Å². The average Bonchev–Trinajstić information content (AvgIpc) is 2.17. The highest BCUT2D eigenvalue weighted by molar-refractivity contribution is 5.85. The van der Waals surface area contributed by atoms with E-state index >= 15 is 0 Å². The van der Waals surface area contributed by atoms with Gasteiger partial charge >= 0.3 is 5.97 Å². The number of aliphatic imine (C=N–C) groups is 1. The van der Waals surface area contributed by atoms with Crippen LogP contribution in [-0.4, -0.2) is 37.7 Å². The molecule has 0 spiro atoms. The monoisotopic (exact) mass is 200 g/mol. The van der Waals surface area contributed by atoms with Crippen molar-refractivity contribution in [3.8, 4) is 0 Å². The van der Waals surface area contributed by atoms with Crippen molar-refractivity contribution in [3.63, 3.8) is 0 Å². The summed E-state index contributed by atoms with van der Waals surface area (Å²) in [6.45, 7) is 2.84. The van der Waals surface area contributed by atoms with Gasteiger partial charge in [-0.1, -0.05) is 0 Å². The van der Waals surface area contributed by atoms with Gasteiger partial charge in [-0.25, -0.2) is 4.79 Å². The van der Waals surface area contributed by atoms with Crippen LogP contribution in [0.4, 0.5) is 0 Å². The minimum absolute atomic E-state index is 0.0469. The normalized spacial score (nSPS) is 21.5. The SMILES string of the molecule is CCOC(=O)CO[C@@H]1CCCN=C1N. The van der Waals surface area contributed by atoms with Crippen LogP contribution in [0.15, 0.2) is 4.99 Å². The van der Waals surface area contributed by atoms with Gasteiger partial charge < -0.3 is 15.2 Å². The first-order valence-electron chi connectivity index (χ1n) is 4.81. The Hall–Kier alpha value is -1.10. The Bertz CT molecular complexity index is 228. The van der Waals surface area contributed by atoms with Crippen molar-refractivity contribution >= 4 is 11.8 Å². The van der Waals surface area contributed by atoms with Gasteiger partial charge in [-0.15, -0.1) is 0 Å². The third kappa shape index (κ3) is 3.33. The van der Waals surface area contributed by atoms with Crippen LogP contribution in [0.2, 0.25) is 0 Å². The minimum Gasteiger partial charge on any atom is -0.464 e. The average molecular weight is 200 g/mol. The predicted molar refractivity (Wildman–Crippen MR) is 52.1 cm³/mol. The second-order valence-corrected chi connectivity index (χ2v) is 3.05. The maximum Gasteiger partial charge on any atom is 0.332 e. The van der Waals surface area contributed by atoms with Crippen molar-refractivity contribution in [1.82, 2.24) is 0 Å². The Labute approximate surface area is 83.3 Å². The first kappa shape index (κ1) is 11.0. The number of amidine groups is 1. The van der Waals surface area contributed by atoms with E-state index in [1.807, 2.05) is 0 Å². The number of carbonyl (C=O) groups is 1. The van der Waals surface area contributed by atoms with E-state index in [9.17, 15) is 4.79 Å². The Morgan fingerprint density at radius 2 is 2.50 bits per heavy atom. The molecule has 0 saturated heterocycles. The zero-order valence-electron chi connectivity index (χ0n) is 8.36. The maximum absolute atomic E-state index is 11.0. The lowest BCUT2D eigenvalue weighted by Crippen LogP contribution is -2.36. The zero-order valence-corrected chi connectivity index (χ0v) is 8.36. The first-order valence-corrected chi connectivity index (χ1v) is 4.81. The van der Waals surface area contributed by atoms with E-state index in [1.165, 1.54) is 0 Å². The molecule has 2 N–H and O–H groups in total. The minimum atomic E-state index is -0.356. The molecule has 0 fully saturated rings. The van der Waals surface area contributed by atoms with Gasteiger partial charge in [0.2, 0.25) is 0 Å². The molecular formula is C9H16N2O3. The van der Waals surface area contributed by atoms with Gasteiger partial charge in [-0.3, -0.25) is 4.99 Å². The summed E-state index contributed by atoms with van der Waals surface area (Å²) in [5.41, 5.74) is 5.61. The summed E-state index contributed by atoms with van der Waals surface area (Å²) >= 11 is 0. The molecule has 0 bridgehead atoms. The summed E-state index contributed by atoms with van der Waals surface area (Å²) in [5, 5.41) is 0. The molecule has 1 rings (SSSR count). The lowest BCUT2D eigenvalue weighted by molar-refractivity contribution is -0.149. The number of carbonyl (C=O) groups excluding carboxylic acids is 1. The zero-order chi connectivity index (χ0) is 10.4. The topological polar surface area (TPSA) is 73.9 Å². The highest BCUT2D eigenvalue weighted by Gasteiger charge is 2.18. The molecule has 0 radical (unpaired) electrons. The van der Waals surface area contributed by atoms with Crippen LogP contribution in [0.25, 0.3) is 0 Å². The summed E-state index contributed by atoms with van der Waals surface area (Å²) in [6, 6.07) is 0. The lowest BCUT2D eigenvalue weighted by atomic mass is 10.1. The maximum atomic E-state index is 11.0. The van der Waals surface area contributed by atoms with Gasteiger partial charge in [-0.05, 0) is 19.8 Å². The molecule has 80 valence electrons. The highest BCUT2D eigenvalue weighted by Crippen LogP contribution is 2.08. The molecule has 0 saturated carbocycles. The molecule has 0 unspecified atom stereocenters. The number of nitrogens with zero attached hydrogens (tertiary/aromatic N) is 1. The smallest absolute Gasteiger partial charge is 0.332 e. The molecule has 1 heterocycles. The van der Waals surface area contributed by atoms with E-state index < -0.39 is 0 Å². The number of nitrogens with two attached hydrogens (primary N) is 1. The summed E-state index contributed by atoms with van der Waals surface area (Å²) < 4.78 is 10.0. The molecule has 0 aromatic carbocycles. The van der Waals surface area contributed by atoms with Crippen molar-refractivity contribution in [1.29, 1.82) is 0 Å². The van der Waals surface area contributed by atoms with Crippen LogP contribution in [0.5, 0.6) is 0 Å². The number of hydrogen-bond acceptors (Lipinski definition) is 5. The van der Waals surface area contributed by atoms with Crippen LogP contribution in [-0.2, 0) is 14.3 Å². The molecule has 0 aromatic rings. The van der Waals surface area contributed by atoms with E-state index in [0.717, 1.165) is 19.4 Å². The van der Waals surface area contributed by atoms with E-state index in [2.05, 4.69) is 4.99 Å². The second-order valence-electron chi connectivity index (χ2n) is 3.05. The van der Waals surface area contributed by atoms with Crippen molar-refractivity contribution in [2.75, 3.05) is 19.8 Å². The molecular weight excluding hydrogens is 184 g/mol. The Morgan fingerprint density at radius 3 is 3.14 bits per heavy atom. The van der Waals surface area contributed by atoms with Gasteiger partial charge in [0.25, 0.3) is 0 Å². The molecule has 5 heteroatoms. The van der Waals surface area contributed by atoms with Gasteiger partial charge in [0.15, 0.2) is 0 Å². The van der Waals surface area contributed by atoms with E-state index in [-0.39, 0.29) is 18.7 Å². The number of esters is 1. The van der Waals surface area contributed by atoms with Crippen LogP contribution in [0.3, 0.4) is 0 Å². The number of hydrogen-bond donors (Lipinski definition) is 1. The van der Waals surface area contributed by atoms with Gasteiger partial charge in [0.05, 0.1) is 6.61 Å². The summed E-state index contributed by atoms with van der Waals surface area (Å²) in [5.74, 6) is 0.131. The van der Waals surface area contributed by atoms with Crippen LogP contribution in [0, 0.1) is 0 Å². The van der Waals surface area contributed by atoms with E-state index in [1.54, 1.807) is 6.92 Å². The Kier molecular flexibility index (Phi) is 4.39. The van der Waals surface area contributed by atoms with Gasteiger partial charge in [0, 0.05) is 6.54 Å². The Morgan fingerprint density at radius 1 is 1.71 bits per heavy atom. The van der Waals surface area contributed by atoms with Crippen molar-refractivity contribution < 1.29 is 14.3 Å². The number of ether oxygens (including phenoxy) is 2. The highest BCUT2D eigenvalue weighted by atomic mass is 16.6. The number of rotatable bonds is 4. The molecule has 0 amide bonds. The largest absolute Gasteiger partial charge is 0.464 e. The third-order valence-corrected chi connectivity index (χ3v) is 1.96. The molecule has 0 aromatic heterocycles. The Balaban J connectivity index is 2.26. The van der Waals surface area contributed by atoms with Crippen LogP contribution >= 0.6 is 0 Å². The van der Waals surface area contributed by atoms with E-state index in [0.29, 0.717) is 12.4 Å². The first-order chi connectivity index (χ1) is 6.74. The molecule has 1 aliphatic heterocycles. The quantitative estimate of drug-likeness (QED) is 0.652. The fraction of sp³-hybridized carbons (Fsp3) is 0.778. The molecule has 0 aliphatic carbocycles. The third-order valence-electron chi connectivity index (χ3n) is 1.96. The molecule has 14 heavy (non-hydrogen) atoms. The molecule has 5 nitrogen and oxygen atoms in total. The van der Waals surface area contributed by atoms with Crippen LogP contribution in [0.1, 0.15) is 19.8 Å².